The van der Waals surface area contributed by atoms with Crippen molar-refractivity contribution in [3.63, 3.8) is 0 Å². The van der Waals surface area contributed by atoms with Gasteiger partial charge in [-0.3, -0.25) is 4.79 Å². The highest BCUT2D eigenvalue weighted by Crippen LogP contribution is 2.27. The summed E-state index contributed by atoms with van der Waals surface area (Å²) in [7, 11) is 0. The quantitative estimate of drug-likeness (QED) is 0.828. The van der Waals surface area contributed by atoms with Gasteiger partial charge >= 0.3 is 6.18 Å². The van der Waals surface area contributed by atoms with E-state index in [1.807, 2.05) is 0 Å². The van der Waals surface area contributed by atoms with E-state index >= 15 is 0 Å². The minimum atomic E-state index is -4.50. The third kappa shape index (κ3) is 5.24. The van der Waals surface area contributed by atoms with Crippen molar-refractivity contribution in [2.45, 2.75) is 32.5 Å². The van der Waals surface area contributed by atoms with E-state index in [0.29, 0.717) is 5.13 Å². The molecular formula is C14H16F3N5OS. The molecule has 0 aliphatic carbocycles. The first-order valence-corrected chi connectivity index (χ1v) is 7.99. The van der Waals surface area contributed by atoms with Gasteiger partial charge in [-0.2, -0.15) is 13.2 Å². The van der Waals surface area contributed by atoms with E-state index < -0.39 is 17.9 Å². The molecule has 1 amide bonds. The van der Waals surface area contributed by atoms with E-state index in [2.05, 4.69) is 25.6 Å². The maximum absolute atomic E-state index is 12.7. The van der Waals surface area contributed by atoms with Crippen LogP contribution in [0.3, 0.4) is 0 Å². The zero-order valence-electron chi connectivity index (χ0n) is 13.0. The van der Waals surface area contributed by atoms with Crippen LogP contribution in [0.5, 0.6) is 0 Å². The molecule has 6 nitrogen and oxygen atoms in total. The van der Waals surface area contributed by atoms with E-state index in [4.69, 9.17) is 0 Å². The third-order valence-electron chi connectivity index (χ3n) is 3.05. The summed E-state index contributed by atoms with van der Waals surface area (Å²) in [6, 6.07) is 0.377. The lowest BCUT2D eigenvalue weighted by atomic mass is 10.2. The average Bonchev–Trinajstić information content (AvgIpc) is 2.98. The van der Waals surface area contributed by atoms with Crippen LogP contribution in [0.2, 0.25) is 0 Å². The Hall–Kier alpha value is -2.07. The third-order valence-corrected chi connectivity index (χ3v) is 3.73. The summed E-state index contributed by atoms with van der Waals surface area (Å²) in [6.45, 7) is 3.41. The van der Waals surface area contributed by atoms with Gasteiger partial charge in [0.1, 0.15) is 11.5 Å². The van der Waals surface area contributed by atoms with Crippen LogP contribution in [-0.2, 0) is 17.4 Å². The molecule has 0 spiro atoms. The van der Waals surface area contributed by atoms with E-state index in [0.717, 1.165) is 6.07 Å². The highest BCUT2D eigenvalue weighted by molar-refractivity contribution is 7.13. The van der Waals surface area contributed by atoms with E-state index in [1.54, 1.807) is 18.5 Å². The van der Waals surface area contributed by atoms with Gasteiger partial charge in [0, 0.05) is 30.2 Å². The zero-order valence-corrected chi connectivity index (χ0v) is 13.8. The fourth-order valence-corrected chi connectivity index (χ4v) is 2.41. The zero-order chi connectivity index (χ0) is 17.7. The lowest BCUT2D eigenvalue weighted by molar-refractivity contribution is -0.141. The lowest BCUT2D eigenvalue weighted by Crippen LogP contribution is -2.39. The van der Waals surface area contributed by atoms with Gasteiger partial charge in [0.15, 0.2) is 5.13 Å². The number of nitrogens with one attached hydrogen (secondary N) is 2. The van der Waals surface area contributed by atoms with Crippen molar-refractivity contribution in [1.29, 1.82) is 0 Å². The molecule has 0 aliphatic heterocycles. The summed E-state index contributed by atoms with van der Waals surface area (Å²) >= 11 is 1.30. The topological polar surface area (TPSA) is 79.8 Å². The number of anilines is 1. The summed E-state index contributed by atoms with van der Waals surface area (Å²) in [4.78, 5) is 23.4. The summed E-state index contributed by atoms with van der Waals surface area (Å²) in [5.41, 5.74) is -0.707. The molecule has 2 heterocycles. The van der Waals surface area contributed by atoms with Crippen molar-refractivity contribution < 1.29 is 18.0 Å². The molecule has 0 bridgehead atoms. The van der Waals surface area contributed by atoms with Crippen LogP contribution >= 0.6 is 11.3 Å². The van der Waals surface area contributed by atoms with Crippen molar-refractivity contribution in [3.05, 3.63) is 34.9 Å². The minimum Gasteiger partial charge on any atom is -0.306 e. The number of alkyl halides is 3. The van der Waals surface area contributed by atoms with Gasteiger partial charge < -0.3 is 10.6 Å². The van der Waals surface area contributed by atoms with Gasteiger partial charge in [-0.15, -0.1) is 11.3 Å². The molecule has 24 heavy (non-hydrogen) atoms. The van der Waals surface area contributed by atoms with Gasteiger partial charge in [0.05, 0.1) is 6.04 Å². The number of carbonyl (C=O) groups excluding carboxylic acids is 1. The molecule has 10 heteroatoms. The second-order valence-electron chi connectivity index (χ2n) is 5.06. The van der Waals surface area contributed by atoms with Gasteiger partial charge in [0.25, 0.3) is 0 Å². The molecule has 0 aromatic carbocycles. The molecule has 0 unspecified atom stereocenters. The van der Waals surface area contributed by atoms with Crippen LogP contribution in [0.1, 0.15) is 24.1 Å². The van der Waals surface area contributed by atoms with Crippen LogP contribution in [-0.4, -0.2) is 33.4 Å². The number of aryl methyl sites for hydroxylation is 1. The van der Waals surface area contributed by atoms with Gasteiger partial charge in [-0.1, -0.05) is 0 Å². The molecule has 0 saturated heterocycles. The predicted octanol–water partition coefficient (Wildman–Crippen LogP) is 2.42. The molecule has 0 aliphatic rings. The summed E-state index contributed by atoms with van der Waals surface area (Å²) in [5, 5.41) is 7.79. The molecule has 2 N–H and O–H groups in total. The number of rotatable bonds is 6. The number of halogens is 3. The molecule has 2 aromatic rings. The average molecular weight is 359 g/mol. The molecule has 0 fully saturated rings. The first-order valence-electron chi connectivity index (χ1n) is 7.11. The first kappa shape index (κ1) is 18.3. The minimum absolute atomic E-state index is 0.0855. The molecule has 2 aromatic heterocycles. The fraction of sp³-hybridized carbons (Fsp3) is 0.429. The fourth-order valence-electron chi connectivity index (χ4n) is 1.88. The Morgan fingerprint density at radius 1 is 1.38 bits per heavy atom. The standard InChI is InChI=1S/C14H16F3N5OS/c1-8-7-10(14(15,16)17)21-11(20-8)3-4-18-9(2)12(23)22-13-19-5-6-24-13/h5-7,9,18H,3-4H2,1-2H3,(H,19,22,23)/t9-/m0/s1. The molecule has 130 valence electrons. The van der Waals surface area contributed by atoms with Crippen LogP contribution in [0.25, 0.3) is 0 Å². The largest absolute Gasteiger partial charge is 0.433 e. The Morgan fingerprint density at radius 3 is 2.75 bits per heavy atom. The second-order valence-corrected chi connectivity index (χ2v) is 5.96. The maximum Gasteiger partial charge on any atom is 0.433 e. The summed E-state index contributed by atoms with van der Waals surface area (Å²) in [6.07, 6.45) is -2.75. The van der Waals surface area contributed by atoms with Gasteiger partial charge in [-0.25, -0.2) is 15.0 Å². The highest BCUT2D eigenvalue weighted by atomic mass is 32.1. The van der Waals surface area contributed by atoms with Crippen molar-refractivity contribution >= 4 is 22.4 Å². The number of aromatic nitrogens is 3. The lowest BCUT2D eigenvalue weighted by Gasteiger charge is -2.13. The molecule has 1 atom stereocenters. The van der Waals surface area contributed by atoms with Crippen LogP contribution in [0.4, 0.5) is 18.3 Å². The first-order chi connectivity index (χ1) is 11.3. The van der Waals surface area contributed by atoms with E-state index in [1.165, 1.54) is 18.3 Å². The molecular weight excluding hydrogens is 343 g/mol. The number of amides is 1. The van der Waals surface area contributed by atoms with Crippen molar-refractivity contribution in [2.24, 2.45) is 0 Å². The molecule has 0 saturated carbocycles. The van der Waals surface area contributed by atoms with E-state index in [9.17, 15) is 18.0 Å². The Bertz CT molecular complexity index is 690. The van der Waals surface area contributed by atoms with Crippen LogP contribution in [0.15, 0.2) is 17.6 Å². The number of nitrogens with zero attached hydrogens (tertiary/aromatic N) is 3. The Balaban J connectivity index is 1.87. The Morgan fingerprint density at radius 2 is 2.12 bits per heavy atom. The van der Waals surface area contributed by atoms with Gasteiger partial charge in [-0.05, 0) is 19.9 Å². The summed E-state index contributed by atoms with van der Waals surface area (Å²) in [5.74, 6) is -0.187. The van der Waals surface area contributed by atoms with Crippen molar-refractivity contribution in [2.75, 3.05) is 11.9 Å². The van der Waals surface area contributed by atoms with Crippen LogP contribution < -0.4 is 10.6 Å². The molecule has 0 radical (unpaired) electrons. The van der Waals surface area contributed by atoms with Crippen LogP contribution in [0, 0.1) is 6.92 Å². The monoisotopic (exact) mass is 359 g/mol. The number of hydrogen-bond donors (Lipinski definition) is 2. The van der Waals surface area contributed by atoms with Crippen molar-refractivity contribution in [3.8, 4) is 0 Å². The van der Waals surface area contributed by atoms with Crippen molar-refractivity contribution in [1.82, 2.24) is 20.3 Å². The van der Waals surface area contributed by atoms with E-state index in [-0.39, 0.29) is 30.4 Å². The number of hydrogen-bond acceptors (Lipinski definition) is 6. The SMILES string of the molecule is Cc1cc(C(F)(F)F)nc(CCN[C@@H](C)C(=O)Nc2nccs2)n1. The normalized spacial score (nSPS) is 12.9. The van der Waals surface area contributed by atoms with Gasteiger partial charge in [0.2, 0.25) is 5.91 Å². The maximum atomic E-state index is 12.7. The Labute approximate surface area is 140 Å². The highest BCUT2D eigenvalue weighted by Gasteiger charge is 2.33. The predicted molar refractivity (Wildman–Crippen MR) is 83.7 cm³/mol. The number of thiazole rings is 1. The molecule has 2 rings (SSSR count). The smallest absolute Gasteiger partial charge is 0.306 e. The summed E-state index contributed by atoms with van der Waals surface area (Å²) < 4.78 is 38.2. The number of carbonyl (C=O) groups is 1. The Kier molecular flexibility index (Phi) is 5.84. The second kappa shape index (κ2) is 7.67.